The second-order valence-corrected chi connectivity index (χ2v) is 6.22. The van der Waals surface area contributed by atoms with Crippen LogP contribution in [0.3, 0.4) is 0 Å². The molecule has 1 aromatic rings. The Bertz CT molecular complexity index is 400. The summed E-state index contributed by atoms with van der Waals surface area (Å²) in [5, 5.41) is 0.243. The van der Waals surface area contributed by atoms with Crippen molar-refractivity contribution in [2.75, 3.05) is 0 Å². The van der Waals surface area contributed by atoms with E-state index in [4.69, 9.17) is 11.6 Å². The van der Waals surface area contributed by atoms with Crippen molar-refractivity contribution in [3.63, 3.8) is 0 Å². The summed E-state index contributed by atoms with van der Waals surface area (Å²) in [6.07, 6.45) is 4.21. The van der Waals surface area contributed by atoms with Gasteiger partial charge in [0, 0.05) is 0 Å². The highest BCUT2D eigenvalue weighted by Gasteiger charge is 2.47. The summed E-state index contributed by atoms with van der Waals surface area (Å²) in [6, 6.07) is 6.65. The van der Waals surface area contributed by atoms with Crippen LogP contribution in [0.4, 0.5) is 0 Å². The van der Waals surface area contributed by atoms with E-state index < -0.39 is 0 Å². The molecule has 0 N–H and O–H groups in total. The molecule has 0 aliphatic heterocycles. The number of fused-ring (bicyclic) bond motifs is 1. The van der Waals surface area contributed by atoms with Crippen LogP contribution in [0.5, 0.6) is 0 Å². The SMILES string of the molecule is Cc1ccc(C)c(C(Cl)C2CC3CC3C2)c1. The molecular formula is C15H19Cl. The highest BCUT2D eigenvalue weighted by atomic mass is 35.5. The Morgan fingerprint density at radius 2 is 1.81 bits per heavy atom. The molecule has 0 saturated heterocycles. The van der Waals surface area contributed by atoms with Gasteiger partial charge >= 0.3 is 0 Å². The number of aryl methyl sites for hydroxylation is 2. The van der Waals surface area contributed by atoms with Crippen molar-refractivity contribution in [1.29, 1.82) is 0 Å². The van der Waals surface area contributed by atoms with Gasteiger partial charge in [0.25, 0.3) is 0 Å². The summed E-state index contributed by atoms with van der Waals surface area (Å²) in [5.74, 6) is 2.78. The Labute approximate surface area is 103 Å². The lowest BCUT2D eigenvalue weighted by Gasteiger charge is -2.21. The van der Waals surface area contributed by atoms with Crippen molar-refractivity contribution >= 4 is 11.6 Å². The molecule has 86 valence electrons. The van der Waals surface area contributed by atoms with E-state index in [-0.39, 0.29) is 5.38 Å². The normalized spacial score (nSPS) is 33.6. The molecule has 0 amide bonds. The fourth-order valence-electron chi connectivity index (χ4n) is 3.31. The van der Waals surface area contributed by atoms with E-state index in [0.717, 1.165) is 17.8 Å². The van der Waals surface area contributed by atoms with Gasteiger partial charge in [-0.05, 0) is 62.0 Å². The number of hydrogen-bond donors (Lipinski definition) is 0. The molecule has 0 heterocycles. The van der Waals surface area contributed by atoms with Gasteiger partial charge in [0.15, 0.2) is 0 Å². The van der Waals surface area contributed by atoms with Crippen molar-refractivity contribution in [3.8, 4) is 0 Å². The summed E-state index contributed by atoms with van der Waals surface area (Å²) < 4.78 is 0. The molecule has 3 unspecified atom stereocenters. The first-order valence-electron chi connectivity index (χ1n) is 6.36. The molecule has 2 saturated carbocycles. The lowest BCUT2D eigenvalue weighted by Crippen LogP contribution is -2.07. The number of halogens is 1. The molecular weight excluding hydrogens is 216 g/mol. The maximum absolute atomic E-state index is 6.68. The molecule has 3 atom stereocenters. The van der Waals surface area contributed by atoms with Crippen LogP contribution < -0.4 is 0 Å². The summed E-state index contributed by atoms with van der Waals surface area (Å²) >= 11 is 6.68. The van der Waals surface area contributed by atoms with Gasteiger partial charge in [0.1, 0.15) is 0 Å². The molecule has 0 aromatic heterocycles. The minimum absolute atomic E-state index is 0.243. The smallest absolute Gasteiger partial charge is 0.0616 e. The minimum atomic E-state index is 0.243. The van der Waals surface area contributed by atoms with Crippen molar-refractivity contribution in [2.24, 2.45) is 17.8 Å². The second kappa shape index (κ2) is 3.77. The molecule has 3 rings (SSSR count). The average Bonchev–Trinajstić information content (AvgIpc) is 2.88. The van der Waals surface area contributed by atoms with Crippen LogP contribution >= 0.6 is 11.6 Å². The van der Waals surface area contributed by atoms with Crippen LogP contribution in [0.25, 0.3) is 0 Å². The Balaban J connectivity index is 1.82. The zero-order valence-corrected chi connectivity index (χ0v) is 10.8. The summed E-state index contributed by atoms with van der Waals surface area (Å²) in [5.41, 5.74) is 4.05. The van der Waals surface area contributed by atoms with E-state index in [1.807, 2.05) is 0 Å². The highest BCUT2D eigenvalue weighted by molar-refractivity contribution is 6.21. The second-order valence-electron chi connectivity index (χ2n) is 5.75. The van der Waals surface area contributed by atoms with Crippen molar-refractivity contribution in [1.82, 2.24) is 0 Å². The van der Waals surface area contributed by atoms with Crippen molar-refractivity contribution in [3.05, 3.63) is 34.9 Å². The third-order valence-electron chi connectivity index (χ3n) is 4.43. The standard InChI is InChI=1S/C15H19Cl/c1-9-3-4-10(2)14(5-9)15(16)13-7-11-6-12(11)8-13/h3-5,11-13,15H,6-8H2,1-2H3. The minimum Gasteiger partial charge on any atom is -0.118 e. The van der Waals surface area contributed by atoms with Gasteiger partial charge in [-0.25, -0.2) is 0 Å². The Kier molecular flexibility index (Phi) is 2.51. The first-order valence-corrected chi connectivity index (χ1v) is 6.80. The molecule has 0 spiro atoms. The van der Waals surface area contributed by atoms with Crippen LogP contribution in [-0.4, -0.2) is 0 Å². The first kappa shape index (κ1) is 10.7. The molecule has 2 fully saturated rings. The Hall–Kier alpha value is -0.490. The highest BCUT2D eigenvalue weighted by Crippen LogP contribution is 2.58. The van der Waals surface area contributed by atoms with Crippen LogP contribution in [0, 0.1) is 31.6 Å². The topological polar surface area (TPSA) is 0 Å². The molecule has 16 heavy (non-hydrogen) atoms. The van der Waals surface area contributed by atoms with Crippen LogP contribution in [-0.2, 0) is 0 Å². The average molecular weight is 235 g/mol. The van der Waals surface area contributed by atoms with E-state index in [2.05, 4.69) is 32.0 Å². The third-order valence-corrected chi connectivity index (χ3v) is 5.02. The molecule has 0 nitrogen and oxygen atoms in total. The third kappa shape index (κ3) is 1.78. The van der Waals surface area contributed by atoms with Gasteiger partial charge in [-0.1, -0.05) is 23.8 Å². The van der Waals surface area contributed by atoms with E-state index >= 15 is 0 Å². The molecule has 2 aliphatic carbocycles. The molecule has 0 bridgehead atoms. The fraction of sp³-hybridized carbons (Fsp3) is 0.600. The number of alkyl halides is 1. The Morgan fingerprint density at radius 3 is 2.50 bits per heavy atom. The van der Waals surface area contributed by atoms with Gasteiger partial charge in [-0.15, -0.1) is 11.6 Å². The van der Waals surface area contributed by atoms with E-state index in [1.165, 1.54) is 36.0 Å². The van der Waals surface area contributed by atoms with E-state index in [1.54, 1.807) is 0 Å². The van der Waals surface area contributed by atoms with Gasteiger partial charge in [0.05, 0.1) is 5.38 Å². The lowest BCUT2D eigenvalue weighted by atomic mass is 9.91. The predicted octanol–water partition coefficient (Wildman–Crippen LogP) is 4.63. The summed E-state index contributed by atoms with van der Waals surface area (Å²) in [6.45, 7) is 4.33. The van der Waals surface area contributed by atoms with Crippen LogP contribution in [0.1, 0.15) is 41.3 Å². The number of hydrogen-bond acceptors (Lipinski definition) is 0. The van der Waals surface area contributed by atoms with E-state index in [0.29, 0.717) is 0 Å². The number of benzene rings is 1. The largest absolute Gasteiger partial charge is 0.118 e. The molecule has 2 aliphatic rings. The van der Waals surface area contributed by atoms with Crippen LogP contribution in [0.15, 0.2) is 18.2 Å². The van der Waals surface area contributed by atoms with Gasteiger partial charge in [-0.2, -0.15) is 0 Å². The summed E-state index contributed by atoms with van der Waals surface area (Å²) in [4.78, 5) is 0. The maximum Gasteiger partial charge on any atom is 0.0616 e. The lowest BCUT2D eigenvalue weighted by molar-refractivity contribution is 0.470. The van der Waals surface area contributed by atoms with Gasteiger partial charge in [-0.3, -0.25) is 0 Å². The fourth-order valence-corrected chi connectivity index (χ4v) is 3.75. The molecule has 1 heteroatoms. The maximum atomic E-state index is 6.68. The molecule has 0 radical (unpaired) electrons. The summed E-state index contributed by atoms with van der Waals surface area (Å²) in [7, 11) is 0. The number of rotatable bonds is 2. The van der Waals surface area contributed by atoms with E-state index in [9.17, 15) is 0 Å². The zero-order valence-electron chi connectivity index (χ0n) is 10.0. The van der Waals surface area contributed by atoms with Gasteiger partial charge in [0.2, 0.25) is 0 Å². The first-order chi connectivity index (χ1) is 7.65. The Morgan fingerprint density at radius 1 is 1.12 bits per heavy atom. The zero-order chi connectivity index (χ0) is 11.3. The van der Waals surface area contributed by atoms with Gasteiger partial charge < -0.3 is 0 Å². The van der Waals surface area contributed by atoms with Crippen molar-refractivity contribution in [2.45, 2.75) is 38.5 Å². The quantitative estimate of drug-likeness (QED) is 0.655. The van der Waals surface area contributed by atoms with Crippen molar-refractivity contribution < 1.29 is 0 Å². The predicted molar refractivity (Wildman–Crippen MR) is 68.8 cm³/mol. The van der Waals surface area contributed by atoms with Crippen LogP contribution in [0.2, 0.25) is 0 Å². The molecule has 1 aromatic carbocycles. The monoisotopic (exact) mass is 234 g/mol.